The van der Waals surface area contributed by atoms with Gasteiger partial charge in [0.15, 0.2) is 0 Å². The quantitative estimate of drug-likeness (QED) is 0.867. The first kappa shape index (κ1) is 16.8. The maximum absolute atomic E-state index is 12.6. The van der Waals surface area contributed by atoms with E-state index in [4.69, 9.17) is 17.3 Å². The van der Waals surface area contributed by atoms with Crippen molar-refractivity contribution in [2.45, 2.75) is 18.7 Å². The highest BCUT2D eigenvalue weighted by Crippen LogP contribution is 2.21. The van der Waals surface area contributed by atoms with E-state index in [0.717, 1.165) is 0 Å². The first-order valence-corrected chi connectivity index (χ1v) is 9.13. The molecule has 3 rings (SSSR count). The predicted molar refractivity (Wildman–Crippen MR) is 87.6 cm³/mol. The Bertz CT molecular complexity index is 884. The third kappa shape index (κ3) is 3.55. The average Bonchev–Trinajstić information content (AvgIpc) is 2.55. The molecule has 0 fully saturated rings. The van der Waals surface area contributed by atoms with Crippen molar-refractivity contribution in [2.75, 3.05) is 6.54 Å². The number of hydrogen-bond acceptors (Lipinski definition) is 5. The highest BCUT2D eigenvalue weighted by molar-refractivity contribution is 7.88. The van der Waals surface area contributed by atoms with Gasteiger partial charge in [0, 0.05) is 17.1 Å². The molecule has 0 unspecified atom stereocenters. The maximum atomic E-state index is 12.6. The molecule has 0 aliphatic carbocycles. The second kappa shape index (κ2) is 6.46. The number of amides is 1. The molecule has 0 bridgehead atoms. The fourth-order valence-electron chi connectivity index (χ4n) is 2.45. The summed E-state index contributed by atoms with van der Waals surface area (Å²) in [5, 5.41) is 0.550. The van der Waals surface area contributed by atoms with E-state index < -0.39 is 15.9 Å². The minimum atomic E-state index is -3.53. The Labute approximate surface area is 144 Å². The third-order valence-corrected chi connectivity index (χ3v) is 5.75. The molecule has 9 heteroatoms. The van der Waals surface area contributed by atoms with E-state index in [1.807, 2.05) is 0 Å². The number of nitrogens with zero attached hydrogens (tertiary/aromatic N) is 3. The highest BCUT2D eigenvalue weighted by atomic mass is 35.5. The van der Waals surface area contributed by atoms with Crippen LogP contribution in [0.3, 0.4) is 0 Å². The summed E-state index contributed by atoms with van der Waals surface area (Å²) in [6.45, 7) is 0.392. The molecule has 1 amide bonds. The molecule has 2 N–H and O–H groups in total. The zero-order valence-corrected chi connectivity index (χ0v) is 14.1. The molecule has 1 aromatic carbocycles. The van der Waals surface area contributed by atoms with Crippen molar-refractivity contribution < 1.29 is 13.2 Å². The number of halogens is 1. The fraction of sp³-hybridized carbons (Fsp3) is 0.267. The number of nitrogens with two attached hydrogens (primary N) is 1. The first-order chi connectivity index (χ1) is 11.3. The molecule has 0 saturated heterocycles. The summed E-state index contributed by atoms with van der Waals surface area (Å²) < 4.78 is 26.6. The largest absolute Gasteiger partial charge is 0.363 e. The summed E-state index contributed by atoms with van der Waals surface area (Å²) in [4.78, 5) is 19.0. The molecule has 2 heterocycles. The molecule has 2 aromatic rings. The number of hydrogen-bond donors (Lipinski definition) is 1. The SMILES string of the molecule is NC(=O)c1n[c]c2c(n1)CN(S(=O)(=O)Cc1ccc(Cl)cc1)CC2. The molecule has 0 spiro atoms. The van der Waals surface area contributed by atoms with Gasteiger partial charge in [0.2, 0.25) is 15.8 Å². The highest BCUT2D eigenvalue weighted by Gasteiger charge is 2.28. The lowest BCUT2D eigenvalue weighted by Gasteiger charge is -2.27. The van der Waals surface area contributed by atoms with Gasteiger partial charge < -0.3 is 5.73 Å². The Morgan fingerprint density at radius 1 is 1.33 bits per heavy atom. The number of primary amides is 1. The summed E-state index contributed by atoms with van der Waals surface area (Å²) in [5.41, 5.74) is 6.97. The van der Waals surface area contributed by atoms with E-state index in [0.29, 0.717) is 34.8 Å². The van der Waals surface area contributed by atoms with Crippen molar-refractivity contribution in [1.82, 2.24) is 14.3 Å². The molecular weight excluding hydrogens is 352 g/mol. The summed E-state index contributed by atoms with van der Waals surface area (Å²) in [6, 6.07) is 6.66. The summed E-state index contributed by atoms with van der Waals surface area (Å²) in [6.07, 6.45) is 3.16. The molecule has 1 aromatic heterocycles. The predicted octanol–water partition coefficient (Wildman–Crippen LogP) is 0.917. The van der Waals surface area contributed by atoms with E-state index in [1.165, 1.54) is 4.31 Å². The van der Waals surface area contributed by atoms with Gasteiger partial charge in [-0.1, -0.05) is 23.7 Å². The van der Waals surface area contributed by atoms with Crippen LogP contribution in [0.1, 0.15) is 27.4 Å². The minimum absolute atomic E-state index is 0.0740. The van der Waals surface area contributed by atoms with Crippen LogP contribution in [-0.2, 0) is 28.7 Å². The lowest BCUT2D eigenvalue weighted by atomic mass is 10.1. The van der Waals surface area contributed by atoms with Gasteiger partial charge in [-0.3, -0.25) is 4.79 Å². The van der Waals surface area contributed by atoms with Crippen molar-refractivity contribution in [3.05, 3.63) is 58.1 Å². The van der Waals surface area contributed by atoms with Gasteiger partial charge in [-0.15, -0.1) is 0 Å². The number of rotatable bonds is 4. The molecule has 7 nitrogen and oxygen atoms in total. The number of benzene rings is 1. The van der Waals surface area contributed by atoms with Crippen LogP contribution in [0.4, 0.5) is 0 Å². The van der Waals surface area contributed by atoms with Crippen LogP contribution in [0.2, 0.25) is 5.02 Å². The maximum Gasteiger partial charge on any atom is 0.286 e. The van der Waals surface area contributed by atoms with Crippen molar-refractivity contribution in [2.24, 2.45) is 5.73 Å². The second-order valence-corrected chi connectivity index (χ2v) is 7.82. The van der Waals surface area contributed by atoms with Crippen LogP contribution >= 0.6 is 11.6 Å². The molecular formula is C15H14ClN4O3S. The smallest absolute Gasteiger partial charge is 0.286 e. The Morgan fingerprint density at radius 3 is 2.71 bits per heavy atom. The van der Waals surface area contributed by atoms with Crippen LogP contribution in [0.5, 0.6) is 0 Å². The number of fused-ring (bicyclic) bond motifs is 1. The second-order valence-electron chi connectivity index (χ2n) is 5.41. The Kier molecular flexibility index (Phi) is 4.53. The van der Waals surface area contributed by atoms with Gasteiger partial charge in [0.05, 0.1) is 24.2 Å². The average molecular weight is 366 g/mol. The molecule has 1 aliphatic rings. The van der Waals surface area contributed by atoms with Crippen LogP contribution in [0.25, 0.3) is 0 Å². The molecule has 0 saturated carbocycles. The topological polar surface area (TPSA) is 106 Å². The number of carbonyl (C=O) groups excluding carboxylic acids is 1. The monoisotopic (exact) mass is 365 g/mol. The lowest BCUT2D eigenvalue weighted by molar-refractivity contribution is 0.0989. The normalized spacial score (nSPS) is 15.0. The van der Waals surface area contributed by atoms with E-state index in [2.05, 4.69) is 16.2 Å². The standard InChI is InChI=1S/C15H14ClN4O3S/c16-12-3-1-10(2-4-12)9-24(22,23)20-6-5-11-7-18-15(14(17)21)19-13(11)8-20/h1-4H,5-6,8-9H2,(H2,17,21). The summed E-state index contributed by atoms with van der Waals surface area (Å²) in [7, 11) is -3.53. The fourth-order valence-corrected chi connectivity index (χ4v) is 4.06. The van der Waals surface area contributed by atoms with E-state index in [9.17, 15) is 13.2 Å². The number of aromatic nitrogens is 2. The lowest BCUT2D eigenvalue weighted by Crippen LogP contribution is -2.37. The Morgan fingerprint density at radius 2 is 2.04 bits per heavy atom. The molecule has 24 heavy (non-hydrogen) atoms. The van der Waals surface area contributed by atoms with Crippen molar-refractivity contribution in [3.8, 4) is 0 Å². The Balaban J connectivity index is 1.81. The number of sulfonamides is 1. The zero-order valence-electron chi connectivity index (χ0n) is 12.6. The van der Waals surface area contributed by atoms with E-state index in [-0.39, 0.29) is 18.1 Å². The summed E-state index contributed by atoms with van der Waals surface area (Å²) >= 11 is 5.81. The van der Waals surface area contributed by atoms with Gasteiger partial charge in [-0.2, -0.15) is 4.31 Å². The van der Waals surface area contributed by atoms with Crippen molar-refractivity contribution in [1.29, 1.82) is 0 Å². The summed E-state index contributed by atoms with van der Waals surface area (Å²) in [5.74, 6) is -1.06. The first-order valence-electron chi connectivity index (χ1n) is 7.15. The Hall–Kier alpha value is -2.03. The molecule has 125 valence electrons. The van der Waals surface area contributed by atoms with Crippen molar-refractivity contribution >= 4 is 27.5 Å². The van der Waals surface area contributed by atoms with Gasteiger partial charge >= 0.3 is 0 Å². The van der Waals surface area contributed by atoms with E-state index >= 15 is 0 Å². The third-order valence-electron chi connectivity index (χ3n) is 3.70. The van der Waals surface area contributed by atoms with Crippen LogP contribution in [0, 0.1) is 6.20 Å². The minimum Gasteiger partial charge on any atom is -0.363 e. The van der Waals surface area contributed by atoms with Crippen LogP contribution < -0.4 is 5.73 Å². The molecule has 0 atom stereocenters. The van der Waals surface area contributed by atoms with Gasteiger partial charge in [-0.25, -0.2) is 18.4 Å². The zero-order chi connectivity index (χ0) is 17.3. The molecule has 1 aliphatic heterocycles. The van der Waals surface area contributed by atoms with Gasteiger partial charge in [0.1, 0.15) is 0 Å². The van der Waals surface area contributed by atoms with Crippen LogP contribution in [-0.4, -0.2) is 35.1 Å². The number of carbonyl (C=O) groups is 1. The van der Waals surface area contributed by atoms with E-state index in [1.54, 1.807) is 24.3 Å². The van der Waals surface area contributed by atoms with Crippen molar-refractivity contribution in [3.63, 3.8) is 0 Å². The van der Waals surface area contributed by atoms with Crippen LogP contribution in [0.15, 0.2) is 24.3 Å². The van der Waals surface area contributed by atoms with Gasteiger partial charge in [-0.05, 0) is 24.1 Å². The molecule has 1 radical (unpaired) electrons. The van der Waals surface area contributed by atoms with Gasteiger partial charge in [0.25, 0.3) is 5.91 Å².